The Morgan fingerprint density at radius 3 is 2.23 bits per heavy atom. The van der Waals surface area contributed by atoms with Gasteiger partial charge in [0.25, 0.3) is 11.8 Å². The van der Waals surface area contributed by atoms with Crippen LogP contribution >= 0.6 is 34.8 Å². The van der Waals surface area contributed by atoms with Gasteiger partial charge in [-0.2, -0.15) is 18.2 Å². The van der Waals surface area contributed by atoms with Gasteiger partial charge in [0.05, 0.1) is 33.8 Å². The number of benzene rings is 3. The number of pyridine rings is 1. The molecule has 1 aromatic heterocycles. The molecule has 2 aliphatic carbocycles. The molecule has 4 heterocycles. The summed E-state index contributed by atoms with van der Waals surface area (Å²) in [7, 11) is 0. The van der Waals surface area contributed by atoms with Gasteiger partial charge in [0, 0.05) is 47.8 Å². The third-order valence-corrected chi connectivity index (χ3v) is 13.9. The van der Waals surface area contributed by atoms with Gasteiger partial charge in [0.1, 0.15) is 5.75 Å². The van der Waals surface area contributed by atoms with Crippen LogP contribution in [-0.4, -0.2) is 67.7 Å². The Bertz CT molecular complexity index is 2450. The number of nitrogens with zero attached hydrogens (tertiary/aromatic N) is 4. The number of likely N-dealkylation sites (tertiary alicyclic amines) is 2. The van der Waals surface area contributed by atoms with E-state index >= 15 is 4.79 Å². The predicted octanol–water partition coefficient (Wildman–Crippen LogP) is 8.42. The molecule has 4 amide bonds. The minimum absolute atomic E-state index is 0.0267. The number of carbonyl (C=O) groups is 4. The molecule has 9 rings (SSSR count). The number of aromatic nitrogens is 1. The molecule has 6 atom stereocenters. The van der Waals surface area contributed by atoms with E-state index in [0.29, 0.717) is 59.9 Å². The summed E-state index contributed by atoms with van der Waals surface area (Å²) in [6, 6.07) is 21.2. The molecule has 310 valence electrons. The number of phenols is 1. The molecular formula is C44H37Cl3F3N5O5. The van der Waals surface area contributed by atoms with Crippen molar-refractivity contribution in [1.82, 2.24) is 19.8 Å². The number of nitrogens with one attached hydrogen (secondary N) is 1. The first-order valence-electron chi connectivity index (χ1n) is 19.6. The second-order valence-corrected chi connectivity index (χ2v) is 17.4. The van der Waals surface area contributed by atoms with Gasteiger partial charge in [-0.1, -0.05) is 95.0 Å². The number of fused-ring (bicyclic) bond motifs is 4. The third kappa shape index (κ3) is 6.56. The predicted molar refractivity (Wildman–Crippen MR) is 217 cm³/mol. The normalized spacial score (nSPS) is 27.2. The van der Waals surface area contributed by atoms with Crippen molar-refractivity contribution in [2.24, 2.45) is 23.7 Å². The highest BCUT2D eigenvalue weighted by Gasteiger charge is 2.71. The van der Waals surface area contributed by atoms with Crippen molar-refractivity contribution in [3.8, 4) is 5.75 Å². The fourth-order valence-electron chi connectivity index (χ4n) is 10.4. The van der Waals surface area contributed by atoms with Crippen molar-refractivity contribution in [3.05, 3.63) is 134 Å². The van der Waals surface area contributed by atoms with E-state index in [1.807, 2.05) is 24.3 Å². The summed E-state index contributed by atoms with van der Waals surface area (Å²) in [6.45, 7) is 2.15. The molecule has 0 bridgehead atoms. The molecule has 0 radical (unpaired) electrons. The highest BCUT2D eigenvalue weighted by atomic mass is 35.5. The monoisotopic (exact) mass is 877 g/mol. The number of piperidine rings is 1. The Morgan fingerprint density at radius 2 is 1.57 bits per heavy atom. The molecule has 5 aliphatic rings. The van der Waals surface area contributed by atoms with Crippen LogP contribution in [0, 0.1) is 23.7 Å². The van der Waals surface area contributed by atoms with Gasteiger partial charge in [0.2, 0.25) is 11.8 Å². The van der Waals surface area contributed by atoms with E-state index < -0.39 is 63.6 Å². The summed E-state index contributed by atoms with van der Waals surface area (Å²) >= 11 is 19.6. The number of phenolic OH excluding ortho intramolecular Hbond substituents is 1. The molecule has 4 aromatic rings. The maximum absolute atomic E-state index is 15.4. The quantitative estimate of drug-likeness (QED) is 0.140. The lowest BCUT2D eigenvalue weighted by Crippen LogP contribution is -2.53. The van der Waals surface area contributed by atoms with Crippen LogP contribution in [-0.2, 0) is 37.3 Å². The number of amides is 4. The molecule has 4 fully saturated rings. The van der Waals surface area contributed by atoms with Crippen LogP contribution in [0.5, 0.6) is 5.75 Å². The third-order valence-electron chi connectivity index (χ3n) is 13.1. The number of halogens is 6. The molecular weight excluding hydrogens is 842 g/mol. The van der Waals surface area contributed by atoms with Crippen LogP contribution in [0.1, 0.15) is 53.9 Å². The Balaban J connectivity index is 1.12. The fourth-order valence-corrected chi connectivity index (χ4v) is 11.1. The zero-order valence-corrected chi connectivity index (χ0v) is 34.0. The zero-order valence-electron chi connectivity index (χ0n) is 31.7. The Morgan fingerprint density at radius 1 is 0.850 bits per heavy atom. The first kappa shape index (κ1) is 40.5. The van der Waals surface area contributed by atoms with Crippen molar-refractivity contribution in [2.45, 2.75) is 55.8 Å². The number of hydrogen-bond acceptors (Lipinski definition) is 8. The number of allylic oxidation sites excluding steroid dienone is 2. The number of hydrogen-bond donors (Lipinski definition) is 2. The first-order valence-corrected chi connectivity index (χ1v) is 20.8. The summed E-state index contributed by atoms with van der Waals surface area (Å²) < 4.78 is 40.6. The van der Waals surface area contributed by atoms with E-state index in [2.05, 4.69) is 27.4 Å². The molecule has 2 N–H and O–H groups in total. The molecule has 0 unspecified atom stereocenters. The van der Waals surface area contributed by atoms with Crippen molar-refractivity contribution < 1.29 is 37.5 Å². The number of aromatic hydroxyl groups is 1. The smallest absolute Gasteiger partial charge is 0.417 e. The lowest BCUT2D eigenvalue weighted by atomic mass is 9.49. The van der Waals surface area contributed by atoms with E-state index in [0.717, 1.165) is 11.6 Å². The van der Waals surface area contributed by atoms with Crippen LogP contribution in [0.4, 0.5) is 19.0 Å². The summed E-state index contributed by atoms with van der Waals surface area (Å²) in [6.07, 6.45) is -0.925. The first-order chi connectivity index (χ1) is 28.7. The highest BCUT2D eigenvalue weighted by Crippen LogP contribution is 2.65. The topological polar surface area (TPSA) is 123 Å². The maximum Gasteiger partial charge on any atom is 0.417 e. The van der Waals surface area contributed by atoms with Crippen LogP contribution < -0.4 is 5.43 Å². The van der Waals surface area contributed by atoms with Gasteiger partial charge in [-0.3, -0.25) is 34.4 Å². The molecule has 3 aromatic carbocycles. The summed E-state index contributed by atoms with van der Waals surface area (Å²) in [4.78, 5) is 67.1. The summed E-state index contributed by atoms with van der Waals surface area (Å²) in [5, 5.41) is 11.1. The van der Waals surface area contributed by atoms with Gasteiger partial charge in [-0.15, -0.1) is 0 Å². The van der Waals surface area contributed by atoms with Crippen LogP contribution in [0.2, 0.25) is 15.1 Å². The van der Waals surface area contributed by atoms with E-state index in [1.54, 1.807) is 30.3 Å². The van der Waals surface area contributed by atoms with E-state index in [4.69, 9.17) is 34.8 Å². The highest BCUT2D eigenvalue weighted by molar-refractivity contribution is 6.33. The van der Waals surface area contributed by atoms with Crippen molar-refractivity contribution >= 4 is 64.2 Å². The van der Waals surface area contributed by atoms with Crippen molar-refractivity contribution in [2.75, 3.05) is 18.5 Å². The van der Waals surface area contributed by atoms with Crippen molar-refractivity contribution in [3.63, 3.8) is 0 Å². The lowest BCUT2D eigenvalue weighted by Gasteiger charge is -2.50. The van der Waals surface area contributed by atoms with Crippen molar-refractivity contribution in [1.29, 1.82) is 0 Å². The fraction of sp³-hybridized carbons (Fsp3) is 0.341. The minimum atomic E-state index is -4.76. The standard InChI is InChI=1S/C44H37Cl3F3N5O5/c45-26-8-6-24(7-9-26)43-33(40(58)55(42(43)60)52-38-35(47)18-25(21-51-38)44(48,49)50)20-32-29(37(43)30-11-10-28(56)19-34(30)46)12-13-31-36(32)41(59)54(39(31)57)27-14-16-53(17-15-27)22-23-4-2-1-3-5-23/h1-12,18-19,21,27,31-33,36-37,56H,13-17,20,22H2,(H,51,52)/t31-,32+,33-,36-,37+,43+/m0/s1. The average molecular weight is 879 g/mol. The Labute approximate surface area is 357 Å². The molecule has 3 aliphatic heterocycles. The second-order valence-electron chi connectivity index (χ2n) is 16.2. The number of carbonyl (C=O) groups excluding carboxylic acids is 4. The number of alkyl halides is 3. The van der Waals surface area contributed by atoms with Crippen LogP contribution in [0.15, 0.2) is 96.7 Å². The lowest BCUT2D eigenvalue weighted by molar-refractivity contribution is -0.144. The van der Waals surface area contributed by atoms with Crippen LogP contribution in [0.25, 0.3) is 0 Å². The van der Waals surface area contributed by atoms with Gasteiger partial charge in [0.15, 0.2) is 5.82 Å². The molecule has 60 heavy (non-hydrogen) atoms. The Kier molecular flexibility index (Phi) is 10.2. The average Bonchev–Trinajstić information content (AvgIpc) is 3.60. The summed E-state index contributed by atoms with van der Waals surface area (Å²) in [5.41, 5.74) is 2.33. The number of rotatable bonds is 7. The van der Waals surface area contributed by atoms with Crippen LogP contribution in [0.3, 0.4) is 0 Å². The molecule has 10 nitrogen and oxygen atoms in total. The SMILES string of the molecule is O=C1[C@@H]2C[C@@H]3C(=CC[C@@H]4C(=O)N(C5CCN(Cc6ccccc6)CC5)C(=O)[C@@H]43)[C@H](c3ccc(O)cc3Cl)[C@]2(c2ccc(Cl)cc2)C(=O)N1Nc1ncc(C(F)(F)F)cc1Cl. The molecule has 16 heteroatoms. The molecule has 0 spiro atoms. The number of imide groups is 2. The van der Waals surface area contributed by atoms with E-state index in [9.17, 15) is 32.7 Å². The largest absolute Gasteiger partial charge is 0.508 e. The molecule has 1 saturated carbocycles. The van der Waals surface area contributed by atoms with E-state index in [-0.39, 0.29) is 47.3 Å². The van der Waals surface area contributed by atoms with Gasteiger partial charge >= 0.3 is 6.18 Å². The van der Waals surface area contributed by atoms with Gasteiger partial charge < -0.3 is 5.11 Å². The molecule has 3 saturated heterocycles. The summed E-state index contributed by atoms with van der Waals surface area (Å²) in [5.74, 6) is -7.02. The minimum Gasteiger partial charge on any atom is -0.508 e. The number of anilines is 1. The Hall–Kier alpha value is -4.95. The number of hydrazine groups is 1. The second kappa shape index (κ2) is 15.2. The maximum atomic E-state index is 15.4. The van der Waals surface area contributed by atoms with Gasteiger partial charge in [-0.25, -0.2) is 4.98 Å². The van der Waals surface area contributed by atoms with E-state index in [1.165, 1.54) is 22.6 Å². The zero-order chi connectivity index (χ0) is 42.2. The van der Waals surface area contributed by atoms with Gasteiger partial charge in [-0.05, 0) is 78.6 Å².